The number of esters is 1. The molecule has 5 nitrogen and oxygen atoms in total. The fraction of sp³-hybridized carbons (Fsp3) is 0.222. The van der Waals surface area contributed by atoms with E-state index in [2.05, 4.69) is 25.8 Å². The summed E-state index contributed by atoms with van der Waals surface area (Å²) in [4.78, 5) is 11.1. The molecule has 1 aromatic heterocycles. The molecule has 1 rings (SSSR count). The molecule has 6 heteroatoms. The van der Waals surface area contributed by atoms with Crippen LogP contribution in [0, 0.1) is 11.3 Å². The summed E-state index contributed by atoms with van der Waals surface area (Å²) < 4.78 is 6.71. The van der Waals surface area contributed by atoms with Gasteiger partial charge in [-0.15, -0.1) is 0 Å². The number of carbonyl (C=O) groups is 1. The van der Waals surface area contributed by atoms with Crippen LogP contribution in [0.25, 0.3) is 6.08 Å². The van der Waals surface area contributed by atoms with E-state index in [1.54, 1.807) is 24.0 Å². The third-order valence-electron chi connectivity index (χ3n) is 1.74. The van der Waals surface area contributed by atoms with Crippen molar-refractivity contribution in [3.63, 3.8) is 0 Å². The topological polar surface area (TPSA) is 67.9 Å². The van der Waals surface area contributed by atoms with Gasteiger partial charge in [0.2, 0.25) is 0 Å². The highest BCUT2D eigenvalue weighted by Crippen LogP contribution is 2.18. The summed E-state index contributed by atoms with van der Waals surface area (Å²) in [5.74, 6) is -0.661. The zero-order chi connectivity index (χ0) is 11.4. The van der Waals surface area contributed by atoms with Gasteiger partial charge in [-0.1, -0.05) is 0 Å². The summed E-state index contributed by atoms with van der Waals surface area (Å²) in [7, 11) is 2.94. The second-order valence-electron chi connectivity index (χ2n) is 2.66. The minimum Gasteiger partial charge on any atom is -0.465 e. The van der Waals surface area contributed by atoms with Crippen molar-refractivity contribution in [2.45, 2.75) is 0 Å². The zero-order valence-electron chi connectivity index (χ0n) is 8.19. The first kappa shape index (κ1) is 11.5. The number of halogens is 1. The van der Waals surface area contributed by atoms with Crippen LogP contribution < -0.4 is 0 Å². The van der Waals surface area contributed by atoms with Gasteiger partial charge >= 0.3 is 5.97 Å². The Morgan fingerprint density at radius 1 is 1.80 bits per heavy atom. The lowest BCUT2D eigenvalue weighted by molar-refractivity contribution is -0.135. The third kappa shape index (κ3) is 2.44. The van der Waals surface area contributed by atoms with Crippen LogP contribution in [-0.4, -0.2) is 22.9 Å². The first-order valence-electron chi connectivity index (χ1n) is 3.97. The summed E-state index contributed by atoms with van der Waals surface area (Å²) in [5.41, 5.74) is 0.568. The van der Waals surface area contributed by atoms with Gasteiger partial charge in [-0.05, 0) is 22.0 Å². The average Bonchev–Trinajstić information content (AvgIpc) is 2.55. The van der Waals surface area contributed by atoms with Crippen LogP contribution in [-0.2, 0) is 16.6 Å². The molecule has 0 aliphatic heterocycles. The molecule has 0 saturated carbocycles. The fourth-order valence-electron chi connectivity index (χ4n) is 0.966. The van der Waals surface area contributed by atoms with Gasteiger partial charge in [-0.2, -0.15) is 10.4 Å². The minimum atomic E-state index is -0.661. The predicted molar refractivity (Wildman–Crippen MR) is 56.5 cm³/mol. The van der Waals surface area contributed by atoms with Gasteiger partial charge in [-0.3, -0.25) is 4.68 Å². The largest absolute Gasteiger partial charge is 0.465 e. The summed E-state index contributed by atoms with van der Waals surface area (Å²) >= 11 is 3.26. The Bertz CT molecular complexity index is 437. The summed E-state index contributed by atoms with van der Waals surface area (Å²) in [5, 5.41) is 12.7. The number of ether oxygens (including phenoxy) is 1. The SMILES string of the molecule is COC(=O)/C(C#N)=C/c1c(Br)cnn1C. The number of methoxy groups -OCH3 is 1. The van der Waals surface area contributed by atoms with Crippen molar-refractivity contribution in [3.05, 3.63) is 21.9 Å². The second kappa shape index (κ2) is 4.75. The molecular formula is C9H8BrN3O2. The molecule has 0 unspecified atom stereocenters. The highest BCUT2D eigenvalue weighted by atomic mass is 79.9. The number of carbonyl (C=O) groups excluding carboxylic acids is 1. The molecule has 0 N–H and O–H groups in total. The summed E-state index contributed by atoms with van der Waals surface area (Å²) in [6.45, 7) is 0. The predicted octanol–water partition coefficient (Wildman–Crippen LogP) is 1.26. The van der Waals surface area contributed by atoms with Crippen LogP contribution in [0.3, 0.4) is 0 Å². The highest BCUT2D eigenvalue weighted by molar-refractivity contribution is 9.10. The molecule has 1 aromatic rings. The van der Waals surface area contributed by atoms with Crippen molar-refractivity contribution in [2.24, 2.45) is 7.05 Å². The molecule has 0 atom stereocenters. The Hall–Kier alpha value is -1.61. The van der Waals surface area contributed by atoms with Crippen LogP contribution in [0.1, 0.15) is 5.69 Å². The van der Waals surface area contributed by atoms with E-state index in [1.165, 1.54) is 13.2 Å². The van der Waals surface area contributed by atoms with E-state index in [-0.39, 0.29) is 5.57 Å². The van der Waals surface area contributed by atoms with E-state index in [0.717, 1.165) is 0 Å². The second-order valence-corrected chi connectivity index (χ2v) is 3.52. The number of aromatic nitrogens is 2. The van der Waals surface area contributed by atoms with Gasteiger partial charge in [0.15, 0.2) is 0 Å². The average molecular weight is 270 g/mol. The van der Waals surface area contributed by atoms with Crippen LogP contribution in [0.4, 0.5) is 0 Å². The lowest BCUT2D eigenvalue weighted by Crippen LogP contribution is -2.04. The van der Waals surface area contributed by atoms with E-state index >= 15 is 0 Å². The standard InChI is InChI=1S/C9H8BrN3O2/c1-13-8(7(10)5-12-13)3-6(4-11)9(14)15-2/h3,5H,1-2H3/b6-3+. The minimum absolute atomic E-state index is 0.0678. The van der Waals surface area contributed by atoms with Gasteiger partial charge in [0.05, 0.1) is 23.5 Å². The molecule has 0 bridgehead atoms. The van der Waals surface area contributed by atoms with Crippen molar-refractivity contribution in [3.8, 4) is 6.07 Å². The van der Waals surface area contributed by atoms with Gasteiger partial charge in [0.1, 0.15) is 11.6 Å². The van der Waals surface area contributed by atoms with E-state index in [9.17, 15) is 4.79 Å². The first-order chi connectivity index (χ1) is 7.10. The smallest absolute Gasteiger partial charge is 0.348 e. The molecule has 0 fully saturated rings. The molecule has 78 valence electrons. The molecule has 0 aliphatic carbocycles. The maximum Gasteiger partial charge on any atom is 0.348 e. The maximum absolute atomic E-state index is 11.1. The molecule has 0 amide bonds. The Morgan fingerprint density at radius 3 is 2.87 bits per heavy atom. The molecule has 0 radical (unpaired) electrons. The van der Waals surface area contributed by atoms with Gasteiger partial charge in [0.25, 0.3) is 0 Å². The summed E-state index contributed by atoms with van der Waals surface area (Å²) in [6.07, 6.45) is 3.00. The van der Waals surface area contributed by atoms with Crippen molar-refractivity contribution < 1.29 is 9.53 Å². The van der Waals surface area contributed by atoms with E-state index in [0.29, 0.717) is 10.2 Å². The van der Waals surface area contributed by atoms with Gasteiger partial charge in [-0.25, -0.2) is 4.79 Å². The molecule has 0 aromatic carbocycles. The van der Waals surface area contributed by atoms with Crippen LogP contribution in [0.5, 0.6) is 0 Å². The quantitative estimate of drug-likeness (QED) is 0.461. The Balaban J connectivity index is 3.16. The van der Waals surface area contributed by atoms with Gasteiger partial charge in [0, 0.05) is 7.05 Å². The van der Waals surface area contributed by atoms with Crippen molar-refractivity contribution in [2.75, 3.05) is 7.11 Å². The van der Waals surface area contributed by atoms with Crippen LogP contribution >= 0.6 is 15.9 Å². The Labute approximate surface area is 95.1 Å². The van der Waals surface area contributed by atoms with Gasteiger partial charge < -0.3 is 4.74 Å². The summed E-state index contributed by atoms with van der Waals surface area (Å²) in [6, 6.07) is 1.77. The van der Waals surface area contributed by atoms with E-state index < -0.39 is 5.97 Å². The molecule has 15 heavy (non-hydrogen) atoms. The molecule has 1 heterocycles. The third-order valence-corrected chi connectivity index (χ3v) is 2.36. The molecule has 0 spiro atoms. The molecule has 0 saturated heterocycles. The lowest BCUT2D eigenvalue weighted by atomic mass is 10.2. The zero-order valence-corrected chi connectivity index (χ0v) is 9.78. The number of hydrogen-bond donors (Lipinski definition) is 0. The van der Waals surface area contributed by atoms with Crippen LogP contribution in [0.2, 0.25) is 0 Å². The van der Waals surface area contributed by atoms with E-state index in [4.69, 9.17) is 5.26 Å². The molecular weight excluding hydrogens is 262 g/mol. The Kier molecular flexibility index (Phi) is 3.63. The number of nitriles is 1. The first-order valence-corrected chi connectivity index (χ1v) is 4.77. The van der Waals surface area contributed by atoms with Crippen LogP contribution in [0.15, 0.2) is 16.2 Å². The van der Waals surface area contributed by atoms with Crippen molar-refractivity contribution in [1.29, 1.82) is 5.26 Å². The monoisotopic (exact) mass is 269 g/mol. The molecule has 0 aliphatic rings. The van der Waals surface area contributed by atoms with E-state index in [1.807, 2.05) is 0 Å². The van der Waals surface area contributed by atoms with Crippen molar-refractivity contribution >= 4 is 28.0 Å². The lowest BCUT2D eigenvalue weighted by Gasteiger charge is -1.98. The number of aryl methyl sites for hydroxylation is 1. The normalized spacial score (nSPS) is 10.9. The highest BCUT2D eigenvalue weighted by Gasteiger charge is 2.11. The number of rotatable bonds is 2. The Morgan fingerprint density at radius 2 is 2.47 bits per heavy atom. The fourth-order valence-corrected chi connectivity index (χ4v) is 1.43. The number of hydrogen-bond acceptors (Lipinski definition) is 4. The maximum atomic E-state index is 11.1. The number of nitrogens with zero attached hydrogens (tertiary/aromatic N) is 3. The van der Waals surface area contributed by atoms with Crippen molar-refractivity contribution in [1.82, 2.24) is 9.78 Å².